The van der Waals surface area contributed by atoms with E-state index in [1.807, 2.05) is 18.2 Å². The first-order valence-corrected chi connectivity index (χ1v) is 9.98. The molecular weight excluding hydrogens is 372 g/mol. The largest absolute Gasteiger partial charge is 0.484 e. The molecule has 1 aromatic heterocycles. The summed E-state index contributed by atoms with van der Waals surface area (Å²) in [4.78, 5) is 13.5. The summed E-state index contributed by atoms with van der Waals surface area (Å²) in [5.74, 6) is 1.73. The molecule has 1 amide bonds. The molecule has 0 saturated carbocycles. The Hall–Kier alpha value is -1.73. The highest BCUT2D eigenvalue weighted by Gasteiger charge is 2.20. The van der Waals surface area contributed by atoms with Crippen molar-refractivity contribution in [1.82, 2.24) is 19.7 Å². The van der Waals surface area contributed by atoms with Gasteiger partial charge in [0.25, 0.3) is 0 Å². The Kier molecular flexibility index (Phi) is 7.78. The standard InChI is InChI=1S/C18H25ClN4O2S/c1-5-13(6-2)23-16(11-25-15-10-8-7-9-14(15)19)20-21-18(23)26-12-17(24)22(3)4/h7-10,13H,5-6,11-12H2,1-4H3. The summed E-state index contributed by atoms with van der Waals surface area (Å²) in [7, 11) is 3.49. The first-order valence-electron chi connectivity index (χ1n) is 8.61. The number of carbonyl (C=O) groups is 1. The summed E-state index contributed by atoms with van der Waals surface area (Å²) >= 11 is 7.56. The van der Waals surface area contributed by atoms with Gasteiger partial charge in [0.05, 0.1) is 10.8 Å². The van der Waals surface area contributed by atoms with Gasteiger partial charge in [-0.1, -0.05) is 49.3 Å². The Morgan fingerprint density at radius 1 is 1.27 bits per heavy atom. The van der Waals surface area contributed by atoms with Crippen molar-refractivity contribution in [3.05, 3.63) is 35.1 Å². The first-order chi connectivity index (χ1) is 12.5. The molecule has 0 atom stereocenters. The fourth-order valence-corrected chi connectivity index (χ4v) is 3.68. The minimum atomic E-state index is 0.0444. The number of para-hydroxylation sites is 1. The first kappa shape index (κ1) is 20.6. The number of rotatable bonds is 9. The maximum atomic E-state index is 11.9. The van der Waals surface area contributed by atoms with Crippen LogP contribution in [-0.2, 0) is 11.4 Å². The number of halogens is 1. The lowest BCUT2D eigenvalue weighted by Gasteiger charge is -2.19. The maximum absolute atomic E-state index is 11.9. The van der Waals surface area contributed by atoms with Gasteiger partial charge in [0.1, 0.15) is 12.4 Å². The highest BCUT2D eigenvalue weighted by molar-refractivity contribution is 7.99. The summed E-state index contributed by atoms with van der Waals surface area (Å²) in [6.07, 6.45) is 1.89. The third-order valence-corrected chi connectivity index (χ3v) is 5.30. The van der Waals surface area contributed by atoms with Crippen LogP contribution in [0.25, 0.3) is 0 Å². The Balaban J connectivity index is 2.19. The van der Waals surface area contributed by atoms with Crippen LogP contribution in [0.4, 0.5) is 0 Å². The molecule has 6 nitrogen and oxygen atoms in total. The van der Waals surface area contributed by atoms with Crippen molar-refractivity contribution in [2.45, 2.75) is 44.5 Å². The third-order valence-electron chi connectivity index (χ3n) is 4.06. The van der Waals surface area contributed by atoms with Crippen LogP contribution in [0, 0.1) is 0 Å². The summed E-state index contributed by atoms with van der Waals surface area (Å²) in [5, 5.41) is 9.90. The second kappa shape index (κ2) is 9.83. The van der Waals surface area contributed by atoms with Crippen molar-refractivity contribution >= 4 is 29.3 Å². The number of aromatic nitrogens is 3. The van der Waals surface area contributed by atoms with Crippen molar-refractivity contribution < 1.29 is 9.53 Å². The predicted molar refractivity (Wildman–Crippen MR) is 105 cm³/mol. The van der Waals surface area contributed by atoms with E-state index in [0.29, 0.717) is 16.5 Å². The maximum Gasteiger partial charge on any atom is 0.232 e. The van der Waals surface area contributed by atoms with Gasteiger partial charge in [0.2, 0.25) is 5.91 Å². The van der Waals surface area contributed by atoms with Gasteiger partial charge in [-0.25, -0.2) is 0 Å². The quantitative estimate of drug-likeness (QED) is 0.598. The minimum absolute atomic E-state index is 0.0444. The number of hydrogen-bond donors (Lipinski definition) is 0. The van der Waals surface area contributed by atoms with Gasteiger partial charge >= 0.3 is 0 Å². The van der Waals surface area contributed by atoms with Crippen LogP contribution in [-0.4, -0.2) is 45.4 Å². The third kappa shape index (κ3) is 5.14. The molecule has 0 N–H and O–H groups in total. The van der Waals surface area contributed by atoms with E-state index in [-0.39, 0.29) is 18.6 Å². The van der Waals surface area contributed by atoms with Crippen LogP contribution in [0.1, 0.15) is 38.6 Å². The molecule has 0 bridgehead atoms. The van der Waals surface area contributed by atoms with Crippen LogP contribution in [0.3, 0.4) is 0 Å². The summed E-state index contributed by atoms with van der Waals surface area (Å²) in [5.41, 5.74) is 0. The van der Waals surface area contributed by atoms with E-state index in [0.717, 1.165) is 23.8 Å². The average Bonchev–Trinajstić information content (AvgIpc) is 3.03. The number of benzene rings is 1. The van der Waals surface area contributed by atoms with Gasteiger partial charge in [0, 0.05) is 20.1 Å². The van der Waals surface area contributed by atoms with Gasteiger partial charge in [-0.15, -0.1) is 10.2 Å². The molecule has 1 heterocycles. The normalized spacial score (nSPS) is 11.0. The smallest absolute Gasteiger partial charge is 0.232 e. The number of carbonyl (C=O) groups excluding carboxylic acids is 1. The Bertz CT molecular complexity index is 732. The lowest BCUT2D eigenvalue weighted by Crippen LogP contribution is -2.24. The van der Waals surface area contributed by atoms with Crippen LogP contribution in [0.2, 0.25) is 5.02 Å². The molecule has 8 heteroatoms. The monoisotopic (exact) mass is 396 g/mol. The van der Waals surface area contributed by atoms with Crippen molar-refractivity contribution in [3.8, 4) is 5.75 Å². The number of thioether (sulfide) groups is 1. The number of ether oxygens (including phenoxy) is 1. The molecule has 0 spiro atoms. The fraction of sp³-hybridized carbons (Fsp3) is 0.500. The van der Waals surface area contributed by atoms with E-state index >= 15 is 0 Å². The average molecular weight is 397 g/mol. The van der Waals surface area contributed by atoms with Crippen LogP contribution >= 0.6 is 23.4 Å². The van der Waals surface area contributed by atoms with Crippen molar-refractivity contribution in [3.63, 3.8) is 0 Å². The molecule has 0 aliphatic rings. The molecule has 2 rings (SSSR count). The van der Waals surface area contributed by atoms with E-state index in [4.69, 9.17) is 16.3 Å². The SMILES string of the molecule is CCC(CC)n1c(COc2ccccc2Cl)nnc1SCC(=O)N(C)C. The zero-order valence-electron chi connectivity index (χ0n) is 15.6. The zero-order chi connectivity index (χ0) is 19.1. The van der Waals surface area contributed by atoms with Gasteiger partial charge in [-0.3, -0.25) is 4.79 Å². The Morgan fingerprint density at radius 2 is 1.96 bits per heavy atom. The molecule has 0 unspecified atom stereocenters. The molecular formula is C18H25ClN4O2S. The summed E-state index contributed by atoms with van der Waals surface area (Å²) in [6, 6.07) is 7.61. The molecule has 26 heavy (non-hydrogen) atoms. The molecule has 2 aromatic rings. The number of amides is 1. The van der Waals surface area contributed by atoms with Crippen LogP contribution in [0.5, 0.6) is 5.75 Å². The van der Waals surface area contributed by atoms with Crippen molar-refractivity contribution in [2.75, 3.05) is 19.8 Å². The van der Waals surface area contributed by atoms with E-state index in [9.17, 15) is 4.79 Å². The summed E-state index contributed by atoms with van der Waals surface area (Å²) < 4.78 is 7.93. The lowest BCUT2D eigenvalue weighted by atomic mass is 10.2. The van der Waals surface area contributed by atoms with Gasteiger partial charge < -0.3 is 14.2 Å². The predicted octanol–water partition coefficient (Wildman–Crippen LogP) is 4.05. The topological polar surface area (TPSA) is 60.2 Å². The molecule has 0 aliphatic carbocycles. The number of nitrogens with zero attached hydrogens (tertiary/aromatic N) is 4. The highest BCUT2D eigenvalue weighted by atomic mass is 35.5. The van der Waals surface area contributed by atoms with Crippen molar-refractivity contribution in [1.29, 1.82) is 0 Å². The van der Waals surface area contributed by atoms with Gasteiger partial charge in [-0.05, 0) is 25.0 Å². The van der Waals surface area contributed by atoms with E-state index < -0.39 is 0 Å². The fourth-order valence-electron chi connectivity index (χ4n) is 2.48. The van der Waals surface area contributed by atoms with Crippen LogP contribution < -0.4 is 4.74 Å². The molecule has 0 radical (unpaired) electrons. The highest BCUT2D eigenvalue weighted by Crippen LogP contribution is 2.28. The molecule has 0 saturated heterocycles. The minimum Gasteiger partial charge on any atom is -0.484 e. The molecule has 142 valence electrons. The second-order valence-electron chi connectivity index (χ2n) is 6.04. The zero-order valence-corrected chi connectivity index (χ0v) is 17.2. The lowest BCUT2D eigenvalue weighted by molar-refractivity contribution is -0.125. The molecule has 1 aromatic carbocycles. The van der Waals surface area contributed by atoms with E-state index in [1.165, 1.54) is 11.8 Å². The van der Waals surface area contributed by atoms with Crippen LogP contribution in [0.15, 0.2) is 29.4 Å². The van der Waals surface area contributed by atoms with E-state index in [2.05, 4.69) is 28.6 Å². The Morgan fingerprint density at radius 3 is 2.58 bits per heavy atom. The summed E-state index contributed by atoms with van der Waals surface area (Å²) in [6.45, 7) is 4.54. The van der Waals surface area contributed by atoms with Crippen molar-refractivity contribution in [2.24, 2.45) is 0 Å². The molecule has 0 fully saturated rings. The molecule has 0 aliphatic heterocycles. The van der Waals surface area contributed by atoms with Gasteiger partial charge in [0.15, 0.2) is 11.0 Å². The number of hydrogen-bond acceptors (Lipinski definition) is 5. The Labute approximate surface area is 163 Å². The van der Waals surface area contributed by atoms with E-state index in [1.54, 1.807) is 25.1 Å². The van der Waals surface area contributed by atoms with Gasteiger partial charge in [-0.2, -0.15) is 0 Å². The second-order valence-corrected chi connectivity index (χ2v) is 7.38.